The van der Waals surface area contributed by atoms with Gasteiger partial charge in [0.1, 0.15) is 5.75 Å². The first-order valence-corrected chi connectivity index (χ1v) is 4.83. The summed E-state index contributed by atoms with van der Waals surface area (Å²) in [5.41, 5.74) is 7.26. The molecule has 0 amide bonds. The third-order valence-corrected chi connectivity index (χ3v) is 2.37. The van der Waals surface area contributed by atoms with Gasteiger partial charge < -0.3 is 15.5 Å². The Morgan fingerprint density at radius 1 is 1.38 bits per heavy atom. The number of aromatic nitrogens is 1. The van der Waals surface area contributed by atoms with Crippen molar-refractivity contribution in [1.82, 2.24) is 4.98 Å². The topological polar surface area (TPSA) is 68.1 Å². The van der Waals surface area contributed by atoms with Crippen LogP contribution in [0.4, 0.5) is 5.69 Å². The van der Waals surface area contributed by atoms with Crippen molar-refractivity contribution in [1.29, 1.82) is 0 Å². The van der Waals surface area contributed by atoms with E-state index in [-0.39, 0.29) is 5.78 Å². The molecular weight excluding hydrogens is 204 g/mol. The van der Waals surface area contributed by atoms with Crippen molar-refractivity contribution in [3.05, 3.63) is 47.8 Å². The van der Waals surface area contributed by atoms with Crippen LogP contribution in [0.25, 0.3) is 0 Å². The maximum Gasteiger partial charge on any atom is 0.196 e. The summed E-state index contributed by atoms with van der Waals surface area (Å²) in [7, 11) is 1.55. The lowest BCUT2D eigenvalue weighted by molar-refractivity contribution is 0.103. The molecule has 0 bridgehead atoms. The number of ether oxygens (including phenoxy) is 1. The number of aromatic amines is 1. The lowest BCUT2D eigenvalue weighted by atomic mass is 10.0. The molecule has 0 saturated heterocycles. The Kier molecular flexibility index (Phi) is 2.64. The molecule has 2 aromatic rings. The van der Waals surface area contributed by atoms with Crippen LogP contribution in [0, 0.1) is 0 Å². The van der Waals surface area contributed by atoms with Crippen LogP contribution >= 0.6 is 0 Å². The van der Waals surface area contributed by atoms with Crippen LogP contribution in [0.2, 0.25) is 0 Å². The van der Waals surface area contributed by atoms with Gasteiger partial charge in [0.05, 0.1) is 7.11 Å². The fourth-order valence-corrected chi connectivity index (χ4v) is 1.48. The second-order valence-electron chi connectivity index (χ2n) is 3.38. The van der Waals surface area contributed by atoms with Gasteiger partial charge in [-0.05, 0) is 24.3 Å². The highest BCUT2D eigenvalue weighted by Gasteiger charge is 2.13. The second kappa shape index (κ2) is 4.10. The summed E-state index contributed by atoms with van der Waals surface area (Å²) in [6, 6.07) is 6.74. The van der Waals surface area contributed by atoms with Gasteiger partial charge in [-0.15, -0.1) is 0 Å². The molecule has 1 heterocycles. The zero-order valence-electron chi connectivity index (χ0n) is 8.86. The number of ketones is 1. The van der Waals surface area contributed by atoms with Crippen molar-refractivity contribution in [2.45, 2.75) is 0 Å². The zero-order chi connectivity index (χ0) is 11.5. The monoisotopic (exact) mass is 216 g/mol. The summed E-state index contributed by atoms with van der Waals surface area (Å²) in [4.78, 5) is 14.9. The molecule has 0 radical (unpaired) electrons. The highest BCUT2D eigenvalue weighted by atomic mass is 16.5. The van der Waals surface area contributed by atoms with E-state index in [9.17, 15) is 4.79 Å². The van der Waals surface area contributed by atoms with Crippen molar-refractivity contribution in [3.8, 4) is 5.75 Å². The van der Waals surface area contributed by atoms with E-state index in [0.29, 0.717) is 22.6 Å². The van der Waals surface area contributed by atoms with Crippen LogP contribution in [0.15, 0.2) is 36.7 Å². The van der Waals surface area contributed by atoms with E-state index in [2.05, 4.69) is 4.98 Å². The molecule has 0 unspecified atom stereocenters. The lowest BCUT2D eigenvalue weighted by Crippen LogP contribution is -2.04. The van der Waals surface area contributed by atoms with E-state index >= 15 is 0 Å². The van der Waals surface area contributed by atoms with E-state index in [1.165, 1.54) is 0 Å². The van der Waals surface area contributed by atoms with Crippen molar-refractivity contribution in [2.24, 2.45) is 0 Å². The largest absolute Gasteiger partial charge is 0.497 e. The minimum Gasteiger partial charge on any atom is -0.497 e. The first-order valence-electron chi connectivity index (χ1n) is 4.83. The van der Waals surface area contributed by atoms with Crippen LogP contribution in [0.1, 0.15) is 15.9 Å². The van der Waals surface area contributed by atoms with Crippen molar-refractivity contribution < 1.29 is 9.53 Å². The molecule has 3 N–H and O–H groups in total. The molecular formula is C12H12N2O2. The smallest absolute Gasteiger partial charge is 0.196 e. The number of hydrogen-bond acceptors (Lipinski definition) is 3. The average Bonchev–Trinajstić information content (AvgIpc) is 2.82. The van der Waals surface area contributed by atoms with Crippen molar-refractivity contribution in [3.63, 3.8) is 0 Å². The molecule has 0 aliphatic rings. The fourth-order valence-electron chi connectivity index (χ4n) is 1.48. The first kappa shape index (κ1) is 10.3. The summed E-state index contributed by atoms with van der Waals surface area (Å²) in [6.07, 6.45) is 3.34. The molecule has 4 heteroatoms. The number of H-pyrrole nitrogens is 1. The minimum atomic E-state index is -0.113. The fraction of sp³-hybridized carbons (Fsp3) is 0.0833. The van der Waals surface area contributed by atoms with Gasteiger partial charge in [-0.3, -0.25) is 4.79 Å². The Morgan fingerprint density at radius 3 is 2.81 bits per heavy atom. The van der Waals surface area contributed by atoms with Crippen molar-refractivity contribution in [2.75, 3.05) is 12.8 Å². The highest BCUT2D eigenvalue weighted by molar-refractivity contribution is 6.12. The number of nitrogens with one attached hydrogen (secondary N) is 1. The Labute approximate surface area is 93.0 Å². The lowest BCUT2D eigenvalue weighted by Gasteiger charge is -2.06. The first-order chi connectivity index (χ1) is 7.72. The zero-order valence-corrected chi connectivity index (χ0v) is 8.86. The number of nitrogen functional groups attached to an aromatic ring is 1. The van der Waals surface area contributed by atoms with Crippen molar-refractivity contribution >= 4 is 11.5 Å². The Balaban J connectivity index is 2.43. The van der Waals surface area contributed by atoms with Gasteiger partial charge in [-0.1, -0.05) is 0 Å². The molecule has 0 aliphatic heterocycles. The number of carbonyl (C=O) groups excluding carboxylic acids is 1. The quantitative estimate of drug-likeness (QED) is 0.607. The number of rotatable bonds is 3. The number of hydrogen-bond donors (Lipinski definition) is 2. The predicted molar refractivity (Wildman–Crippen MR) is 61.6 cm³/mol. The second-order valence-corrected chi connectivity index (χ2v) is 3.38. The van der Waals surface area contributed by atoms with Crippen LogP contribution in [-0.4, -0.2) is 17.9 Å². The molecule has 0 atom stereocenters. The molecule has 0 aliphatic carbocycles. The summed E-state index contributed by atoms with van der Waals surface area (Å²) in [6.45, 7) is 0. The summed E-state index contributed by atoms with van der Waals surface area (Å²) < 4.78 is 5.06. The summed E-state index contributed by atoms with van der Waals surface area (Å²) >= 11 is 0. The molecule has 2 rings (SSSR count). The third kappa shape index (κ3) is 1.77. The van der Waals surface area contributed by atoms with Crippen LogP contribution in [0.3, 0.4) is 0 Å². The standard InChI is InChI=1S/C12H12N2O2/c1-16-9-2-3-11(13)10(6-9)12(15)8-4-5-14-7-8/h2-7,14H,13H2,1H3. The van der Waals surface area contributed by atoms with Crippen LogP contribution in [0.5, 0.6) is 5.75 Å². The average molecular weight is 216 g/mol. The van der Waals surface area contributed by atoms with Gasteiger partial charge in [0.25, 0.3) is 0 Å². The molecule has 4 nitrogen and oxygen atoms in total. The van der Waals surface area contributed by atoms with E-state index in [1.54, 1.807) is 43.8 Å². The molecule has 0 fully saturated rings. The molecule has 1 aromatic carbocycles. The van der Waals surface area contributed by atoms with Gasteiger partial charge in [0.2, 0.25) is 0 Å². The number of nitrogens with two attached hydrogens (primary N) is 1. The minimum absolute atomic E-state index is 0.113. The van der Waals surface area contributed by atoms with Gasteiger partial charge in [0, 0.05) is 29.2 Å². The van der Waals surface area contributed by atoms with Gasteiger partial charge >= 0.3 is 0 Å². The normalized spacial score (nSPS) is 10.1. The maximum absolute atomic E-state index is 12.0. The van der Waals surface area contributed by atoms with E-state index in [4.69, 9.17) is 10.5 Å². The number of methoxy groups -OCH3 is 1. The highest BCUT2D eigenvalue weighted by Crippen LogP contribution is 2.22. The SMILES string of the molecule is COc1ccc(N)c(C(=O)c2cc[nH]c2)c1. The third-order valence-electron chi connectivity index (χ3n) is 2.37. The van der Waals surface area contributed by atoms with E-state index in [1.807, 2.05) is 0 Å². The Bertz CT molecular complexity index is 504. The van der Waals surface area contributed by atoms with Gasteiger partial charge in [-0.25, -0.2) is 0 Å². The maximum atomic E-state index is 12.0. The summed E-state index contributed by atoms with van der Waals surface area (Å²) in [5.74, 6) is 0.505. The Morgan fingerprint density at radius 2 is 2.19 bits per heavy atom. The number of benzene rings is 1. The summed E-state index contributed by atoms with van der Waals surface area (Å²) in [5, 5.41) is 0. The van der Waals surface area contributed by atoms with E-state index in [0.717, 1.165) is 0 Å². The Hall–Kier alpha value is -2.23. The van der Waals surface area contributed by atoms with Crippen LogP contribution < -0.4 is 10.5 Å². The number of anilines is 1. The molecule has 16 heavy (non-hydrogen) atoms. The number of carbonyl (C=O) groups is 1. The molecule has 82 valence electrons. The van der Waals surface area contributed by atoms with Gasteiger partial charge in [0.15, 0.2) is 5.78 Å². The van der Waals surface area contributed by atoms with E-state index < -0.39 is 0 Å². The molecule has 0 spiro atoms. The molecule has 1 aromatic heterocycles. The predicted octanol–water partition coefficient (Wildman–Crippen LogP) is 1.84. The van der Waals surface area contributed by atoms with Gasteiger partial charge in [-0.2, -0.15) is 0 Å². The molecule has 0 saturated carbocycles. The van der Waals surface area contributed by atoms with Crippen LogP contribution in [-0.2, 0) is 0 Å².